The number of likely N-dealkylation sites (N-methyl/N-ethyl adjacent to an activating group) is 2. The van der Waals surface area contributed by atoms with E-state index in [4.69, 9.17) is 9.47 Å². The Morgan fingerprint density at radius 3 is 1.27 bits per heavy atom. The van der Waals surface area contributed by atoms with Gasteiger partial charge in [0.25, 0.3) is 0 Å². The van der Waals surface area contributed by atoms with Crippen LogP contribution >= 0.6 is 0 Å². The molecule has 0 spiro atoms. The van der Waals surface area contributed by atoms with Gasteiger partial charge in [0.2, 0.25) is 47.3 Å². The molecule has 1 unspecified atom stereocenters. The van der Waals surface area contributed by atoms with Gasteiger partial charge < -0.3 is 61.0 Å². The molecule has 3 aliphatic heterocycles. The number of hydrogen-bond acceptors (Lipinski definition) is 12. The number of carbonyl (C=O) groups is 8. The summed E-state index contributed by atoms with van der Waals surface area (Å²) < 4.78 is 12.6. The van der Waals surface area contributed by atoms with E-state index in [0.717, 1.165) is 49.7 Å². The van der Waals surface area contributed by atoms with Crippen LogP contribution in [0.3, 0.4) is 0 Å². The standard InChI is InChI=1S/C60H90N10O10/c1-37(61-9)53(73)65-51(59(3,4)5)57(77)69-35-41(33-47(69)55(75)63-45-23-15-19-39-17-11-13-21-43(39)45)79-31-25-49(71)67-27-29-68(30-28-67)50(72)26-32-80-42-34-48(56(76)64-46-24-16-20-40-18-12-14-22-44(40)46)70(36-42)58(78)52(60(6,7)8)66-54(74)38(2)62-10/h11-14,17-18,21-22,37-38,41-42,45-48,51-52,61-62H,15-16,19-20,23-36H2,1-10H3,(H,63,75)(H,64,76)(H,65,73)(H,66,74)/t37-,38-,41-,42-,45+,46+,47-,48-,51+,52?/m0/s1. The van der Waals surface area contributed by atoms with Gasteiger partial charge >= 0.3 is 0 Å². The molecule has 5 aliphatic rings. The summed E-state index contributed by atoms with van der Waals surface area (Å²) in [6.45, 7) is 16.3. The van der Waals surface area contributed by atoms with Gasteiger partial charge in [-0.05, 0) is 99.6 Å². The van der Waals surface area contributed by atoms with E-state index in [0.29, 0.717) is 26.2 Å². The van der Waals surface area contributed by atoms with Crippen LogP contribution in [0.5, 0.6) is 0 Å². The SMILES string of the molecule is CN[C@@H](C)C(=O)NC(C(=O)N1C[C@@H](OCCC(=O)N2CCN(C(=O)CCO[C@H]3C[C@@H](C(=O)N[C@@H]4CCCc5ccccc54)N(C(=O)[C@@H](NC(=O)[C@H](C)NC)C(C)(C)C)C3)CC2)C[C@H]1C(=O)N[C@@H]1CCCc2ccccc21)C(C)(C)C. The molecule has 0 saturated carbocycles. The molecule has 3 heterocycles. The first-order valence-corrected chi connectivity index (χ1v) is 29.1. The van der Waals surface area contributed by atoms with Gasteiger partial charge in [0.05, 0.1) is 62.4 Å². The van der Waals surface area contributed by atoms with Gasteiger partial charge in [-0.3, -0.25) is 38.4 Å². The summed E-state index contributed by atoms with van der Waals surface area (Å²) in [5, 5.41) is 18.2. The Morgan fingerprint density at radius 1 is 0.562 bits per heavy atom. The third-order valence-corrected chi connectivity index (χ3v) is 16.8. The number of nitrogens with zero attached hydrogens (tertiary/aromatic N) is 4. The maximum absolute atomic E-state index is 14.5. The van der Waals surface area contributed by atoms with Gasteiger partial charge in [-0.25, -0.2) is 0 Å². The van der Waals surface area contributed by atoms with Crippen molar-refractivity contribution in [2.24, 2.45) is 10.8 Å². The number of rotatable bonds is 20. The zero-order chi connectivity index (χ0) is 58.1. The Hall–Kier alpha value is -5.96. The maximum atomic E-state index is 14.5. The Balaban J connectivity index is 0.913. The topological polar surface area (TPSA) is 240 Å². The number of carbonyl (C=O) groups excluding carboxylic acids is 8. The molecule has 80 heavy (non-hydrogen) atoms. The van der Waals surface area contributed by atoms with Crippen molar-refractivity contribution in [3.8, 4) is 0 Å². The Kier molecular flexibility index (Phi) is 21.0. The Morgan fingerprint density at radius 2 is 0.925 bits per heavy atom. The third kappa shape index (κ3) is 15.3. The van der Waals surface area contributed by atoms with Crippen molar-refractivity contribution in [1.82, 2.24) is 51.5 Å². The van der Waals surface area contributed by atoms with Crippen molar-refractivity contribution in [3.05, 3.63) is 70.8 Å². The lowest BCUT2D eigenvalue weighted by atomic mass is 9.85. The first-order chi connectivity index (χ1) is 38.0. The van der Waals surface area contributed by atoms with Crippen LogP contribution in [0, 0.1) is 10.8 Å². The second-order valence-electron chi connectivity index (χ2n) is 24.7. The van der Waals surface area contributed by atoms with E-state index in [-0.39, 0.29) is 111 Å². The average Bonchev–Trinajstić information content (AvgIpc) is 4.09. The molecular formula is C60H90N10O10. The molecule has 3 saturated heterocycles. The molecule has 2 aromatic rings. The third-order valence-electron chi connectivity index (χ3n) is 16.8. The van der Waals surface area contributed by atoms with E-state index in [1.54, 1.807) is 37.7 Å². The molecule has 6 N–H and O–H groups in total. The van der Waals surface area contributed by atoms with E-state index >= 15 is 0 Å². The zero-order valence-corrected chi connectivity index (χ0v) is 49.0. The van der Waals surface area contributed by atoms with Gasteiger partial charge in [-0.1, -0.05) is 90.1 Å². The predicted octanol–water partition coefficient (Wildman–Crippen LogP) is 3.07. The highest BCUT2D eigenvalue weighted by Crippen LogP contribution is 2.34. The molecule has 8 amide bonds. The second-order valence-corrected chi connectivity index (χ2v) is 24.7. The highest BCUT2D eigenvalue weighted by Gasteiger charge is 2.48. The van der Waals surface area contributed by atoms with Crippen LogP contribution in [0.25, 0.3) is 0 Å². The minimum absolute atomic E-state index is 0.0633. The van der Waals surface area contributed by atoms with Gasteiger partial charge in [-0.15, -0.1) is 0 Å². The number of nitrogens with one attached hydrogen (secondary N) is 6. The van der Waals surface area contributed by atoms with Crippen molar-refractivity contribution < 1.29 is 47.8 Å². The first-order valence-electron chi connectivity index (χ1n) is 29.1. The predicted molar refractivity (Wildman–Crippen MR) is 302 cm³/mol. The fourth-order valence-electron chi connectivity index (χ4n) is 11.7. The van der Waals surface area contributed by atoms with E-state index < -0.39 is 59.3 Å². The van der Waals surface area contributed by atoms with Crippen molar-refractivity contribution in [2.75, 3.05) is 66.6 Å². The number of piperazine rings is 1. The summed E-state index contributed by atoms with van der Waals surface area (Å²) in [5.74, 6) is -2.27. The van der Waals surface area contributed by atoms with Crippen LogP contribution in [0.2, 0.25) is 0 Å². The molecule has 440 valence electrons. The number of fused-ring (bicyclic) bond motifs is 2. The number of ether oxygens (including phenoxy) is 2. The van der Waals surface area contributed by atoms with Gasteiger partial charge in [0.15, 0.2) is 0 Å². The van der Waals surface area contributed by atoms with Crippen molar-refractivity contribution in [3.63, 3.8) is 0 Å². The quantitative estimate of drug-likeness (QED) is 0.112. The molecular weight excluding hydrogens is 1020 g/mol. The molecule has 3 fully saturated rings. The van der Waals surface area contributed by atoms with Crippen molar-refractivity contribution in [1.29, 1.82) is 0 Å². The Bertz CT molecular complexity index is 2370. The fourth-order valence-corrected chi connectivity index (χ4v) is 11.7. The average molecular weight is 1110 g/mol. The fraction of sp³-hybridized carbons (Fsp3) is 0.667. The molecule has 0 radical (unpaired) electrons. The van der Waals surface area contributed by atoms with Crippen LogP contribution in [-0.4, -0.2) is 182 Å². The molecule has 2 aromatic carbocycles. The number of benzene rings is 2. The van der Waals surface area contributed by atoms with Gasteiger partial charge in [-0.2, -0.15) is 0 Å². The Labute approximate surface area is 473 Å². The lowest BCUT2D eigenvalue weighted by molar-refractivity contribution is -0.144. The smallest absolute Gasteiger partial charge is 0.246 e. The molecule has 20 nitrogen and oxygen atoms in total. The molecule has 7 rings (SSSR count). The van der Waals surface area contributed by atoms with E-state index in [9.17, 15) is 38.4 Å². The lowest BCUT2D eigenvalue weighted by Crippen LogP contribution is -2.59. The molecule has 0 bridgehead atoms. The molecule has 10 atom stereocenters. The number of likely N-dealkylation sites (tertiary alicyclic amines) is 2. The summed E-state index contributed by atoms with van der Waals surface area (Å²) in [6.07, 6.45) is 4.74. The summed E-state index contributed by atoms with van der Waals surface area (Å²) >= 11 is 0. The molecule has 2 aliphatic carbocycles. The zero-order valence-electron chi connectivity index (χ0n) is 49.0. The summed E-state index contributed by atoms with van der Waals surface area (Å²) in [6, 6.07) is 11.1. The van der Waals surface area contributed by atoms with E-state index in [2.05, 4.69) is 44.0 Å². The van der Waals surface area contributed by atoms with Gasteiger partial charge in [0.1, 0.15) is 24.2 Å². The molecule has 0 aromatic heterocycles. The van der Waals surface area contributed by atoms with E-state index in [1.165, 1.54) is 20.9 Å². The normalized spacial score (nSPS) is 23.7. The first kappa shape index (κ1) is 61.7. The lowest BCUT2D eigenvalue weighted by Gasteiger charge is -2.36. The highest BCUT2D eigenvalue weighted by atomic mass is 16.5. The highest BCUT2D eigenvalue weighted by molar-refractivity contribution is 5.95. The van der Waals surface area contributed by atoms with Crippen molar-refractivity contribution in [2.45, 2.75) is 180 Å². The largest absolute Gasteiger partial charge is 0.376 e. The summed E-state index contributed by atoms with van der Waals surface area (Å²) in [7, 11) is 3.34. The van der Waals surface area contributed by atoms with Crippen LogP contribution in [-0.2, 0) is 60.7 Å². The second kappa shape index (κ2) is 27.2. The minimum atomic E-state index is -0.926. The summed E-state index contributed by atoms with van der Waals surface area (Å²) in [4.78, 5) is 118. The number of hydrogen-bond donors (Lipinski definition) is 6. The molecule has 20 heteroatoms. The maximum Gasteiger partial charge on any atom is 0.246 e. The number of aryl methyl sites for hydroxylation is 2. The van der Waals surface area contributed by atoms with Crippen molar-refractivity contribution >= 4 is 47.3 Å². The minimum Gasteiger partial charge on any atom is -0.376 e. The van der Waals surface area contributed by atoms with Crippen LogP contribution < -0.4 is 31.9 Å². The van der Waals surface area contributed by atoms with Crippen LogP contribution in [0.1, 0.15) is 141 Å². The monoisotopic (exact) mass is 1110 g/mol. The summed E-state index contributed by atoms with van der Waals surface area (Å²) in [5.41, 5.74) is 3.17. The van der Waals surface area contributed by atoms with Crippen LogP contribution in [0.4, 0.5) is 0 Å². The van der Waals surface area contributed by atoms with E-state index in [1.807, 2.05) is 77.9 Å². The number of amides is 8. The van der Waals surface area contributed by atoms with Crippen LogP contribution in [0.15, 0.2) is 48.5 Å². The van der Waals surface area contributed by atoms with Gasteiger partial charge in [0, 0.05) is 52.1 Å².